The van der Waals surface area contributed by atoms with E-state index >= 15 is 0 Å². The normalized spacial score (nSPS) is 10.5. The van der Waals surface area contributed by atoms with Crippen molar-refractivity contribution in [3.05, 3.63) is 46.8 Å². The molecular formula is C13H16N4. The van der Waals surface area contributed by atoms with Gasteiger partial charge in [0.1, 0.15) is 5.84 Å². The first kappa shape index (κ1) is 11.4. The highest BCUT2D eigenvalue weighted by molar-refractivity contribution is 5.98. The van der Waals surface area contributed by atoms with Crippen molar-refractivity contribution in [2.24, 2.45) is 5.73 Å². The molecule has 17 heavy (non-hydrogen) atoms. The first-order valence-electron chi connectivity index (χ1n) is 5.48. The van der Waals surface area contributed by atoms with Gasteiger partial charge in [0.25, 0.3) is 0 Å². The molecule has 1 aromatic carbocycles. The van der Waals surface area contributed by atoms with E-state index in [1.807, 2.05) is 49.7 Å². The van der Waals surface area contributed by atoms with Gasteiger partial charge in [0, 0.05) is 11.3 Å². The maximum atomic E-state index is 7.64. The molecule has 1 heterocycles. The third kappa shape index (κ3) is 1.93. The van der Waals surface area contributed by atoms with Crippen LogP contribution in [-0.2, 0) is 0 Å². The molecule has 0 spiro atoms. The highest BCUT2D eigenvalue weighted by Gasteiger charge is 2.13. The third-order valence-electron chi connectivity index (χ3n) is 2.75. The van der Waals surface area contributed by atoms with Gasteiger partial charge in [-0.15, -0.1) is 0 Å². The second-order valence-electron chi connectivity index (χ2n) is 4.22. The molecule has 3 N–H and O–H groups in total. The number of aromatic nitrogens is 2. The number of nitrogens with two attached hydrogens (primary N) is 1. The molecule has 2 rings (SSSR count). The molecule has 0 aliphatic carbocycles. The van der Waals surface area contributed by atoms with Crippen LogP contribution >= 0.6 is 0 Å². The van der Waals surface area contributed by atoms with Gasteiger partial charge in [-0.1, -0.05) is 12.1 Å². The molecular weight excluding hydrogens is 212 g/mol. The second kappa shape index (κ2) is 4.05. The quantitative estimate of drug-likeness (QED) is 0.610. The summed E-state index contributed by atoms with van der Waals surface area (Å²) in [5, 5.41) is 12.1. The molecule has 0 saturated heterocycles. The van der Waals surface area contributed by atoms with Gasteiger partial charge in [-0.05, 0) is 38.5 Å². The molecule has 0 fully saturated rings. The van der Waals surface area contributed by atoms with Gasteiger partial charge in [0.15, 0.2) is 0 Å². The molecule has 0 atom stereocenters. The Hall–Kier alpha value is -2.10. The summed E-state index contributed by atoms with van der Waals surface area (Å²) in [6, 6.07) is 7.76. The Morgan fingerprint density at radius 2 is 2.00 bits per heavy atom. The van der Waals surface area contributed by atoms with Crippen LogP contribution in [0.25, 0.3) is 5.69 Å². The Labute approximate surface area is 101 Å². The monoisotopic (exact) mass is 228 g/mol. The first-order chi connectivity index (χ1) is 8.00. The minimum Gasteiger partial charge on any atom is -0.384 e. The summed E-state index contributed by atoms with van der Waals surface area (Å²) >= 11 is 0. The fourth-order valence-electron chi connectivity index (χ4n) is 2.01. The summed E-state index contributed by atoms with van der Waals surface area (Å²) in [5.74, 6) is 0.0660. The number of benzene rings is 1. The van der Waals surface area contributed by atoms with Crippen molar-refractivity contribution < 1.29 is 0 Å². The predicted octanol–water partition coefficient (Wildman–Crippen LogP) is 2.08. The lowest BCUT2D eigenvalue weighted by Gasteiger charge is -2.13. The molecule has 0 radical (unpaired) electrons. The van der Waals surface area contributed by atoms with Gasteiger partial charge in [-0.2, -0.15) is 5.10 Å². The smallest absolute Gasteiger partial charge is 0.124 e. The number of amidine groups is 1. The molecule has 0 saturated carbocycles. The summed E-state index contributed by atoms with van der Waals surface area (Å²) in [4.78, 5) is 0. The van der Waals surface area contributed by atoms with Gasteiger partial charge in [-0.25, -0.2) is 4.68 Å². The van der Waals surface area contributed by atoms with E-state index in [4.69, 9.17) is 11.1 Å². The lowest BCUT2D eigenvalue weighted by atomic mass is 10.1. The van der Waals surface area contributed by atoms with E-state index < -0.39 is 0 Å². The van der Waals surface area contributed by atoms with Crippen molar-refractivity contribution in [2.45, 2.75) is 20.8 Å². The number of nitrogen functional groups attached to an aromatic ring is 1. The molecule has 4 nitrogen and oxygen atoms in total. The van der Waals surface area contributed by atoms with Gasteiger partial charge in [0.05, 0.1) is 11.4 Å². The van der Waals surface area contributed by atoms with Crippen LogP contribution in [0.3, 0.4) is 0 Å². The van der Waals surface area contributed by atoms with Crippen molar-refractivity contribution in [3.63, 3.8) is 0 Å². The number of aryl methyl sites for hydroxylation is 3. The van der Waals surface area contributed by atoms with Crippen LogP contribution < -0.4 is 5.73 Å². The van der Waals surface area contributed by atoms with Crippen LogP contribution in [0, 0.1) is 26.2 Å². The maximum Gasteiger partial charge on any atom is 0.124 e. The van der Waals surface area contributed by atoms with Gasteiger partial charge < -0.3 is 5.73 Å². The summed E-state index contributed by atoms with van der Waals surface area (Å²) in [5.41, 5.74) is 10.3. The maximum absolute atomic E-state index is 7.64. The van der Waals surface area contributed by atoms with E-state index in [1.165, 1.54) is 0 Å². The van der Waals surface area contributed by atoms with E-state index in [2.05, 4.69) is 5.10 Å². The summed E-state index contributed by atoms with van der Waals surface area (Å²) in [7, 11) is 0. The fourth-order valence-corrected chi connectivity index (χ4v) is 2.01. The topological polar surface area (TPSA) is 67.7 Å². The van der Waals surface area contributed by atoms with Gasteiger partial charge in [0.2, 0.25) is 0 Å². The highest BCUT2D eigenvalue weighted by Crippen LogP contribution is 2.20. The van der Waals surface area contributed by atoms with E-state index in [0.717, 1.165) is 28.2 Å². The molecule has 0 unspecified atom stereocenters. The zero-order valence-electron chi connectivity index (χ0n) is 10.3. The Bertz CT molecular complexity index is 581. The number of nitrogens with one attached hydrogen (secondary N) is 1. The van der Waals surface area contributed by atoms with Crippen LogP contribution in [-0.4, -0.2) is 15.6 Å². The molecule has 1 aromatic heterocycles. The van der Waals surface area contributed by atoms with Crippen LogP contribution in [0.2, 0.25) is 0 Å². The van der Waals surface area contributed by atoms with Gasteiger partial charge >= 0.3 is 0 Å². The first-order valence-corrected chi connectivity index (χ1v) is 5.48. The molecule has 0 bridgehead atoms. The molecule has 88 valence electrons. The van der Waals surface area contributed by atoms with Gasteiger partial charge in [-0.3, -0.25) is 5.41 Å². The lowest BCUT2D eigenvalue weighted by Crippen LogP contribution is -2.16. The Morgan fingerprint density at radius 1 is 1.29 bits per heavy atom. The van der Waals surface area contributed by atoms with E-state index in [1.54, 1.807) is 0 Å². The summed E-state index contributed by atoms with van der Waals surface area (Å²) in [6.07, 6.45) is 0. The Balaban J connectivity index is 2.74. The van der Waals surface area contributed by atoms with Crippen molar-refractivity contribution in [1.29, 1.82) is 5.41 Å². The molecule has 0 aliphatic rings. The average Bonchev–Trinajstić information content (AvgIpc) is 2.57. The molecule has 0 amide bonds. The highest BCUT2D eigenvalue weighted by atomic mass is 15.3. The SMILES string of the molecule is Cc1cc(C)n(-c2c(C)cccc2C(=N)N)n1. The zero-order valence-corrected chi connectivity index (χ0v) is 10.3. The summed E-state index contributed by atoms with van der Waals surface area (Å²) < 4.78 is 1.85. The minimum absolute atomic E-state index is 0.0660. The second-order valence-corrected chi connectivity index (χ2v) is 4.22. The fraction of sp³-hybridized carbons (Fsp3) is 0.231. The molecule has 2 aromatic rings. The van der Waals surface area contributed by atoms with Crippen LogP contribution in [0.1, 0.15) is 22.5 Å². The van der Waals surface area contributed by atoms with Crippen molar-refractivity contribution in [1.82, 2.24) is 9.78 Å². The number of hydrogen-bond acceptors (Lipinski definition) is 2. The van der Waals surface area contributed by atoms with Crippen molar-refractivity contribution >= 4 is 5.84 Å². The Kier molecular flexibility index (Phi) is 2.71. The van der Waals surface area contributed by atoms with Crippen molar-refractivity contribution in [2.75, 3.05) is 0 Å². The molecule has 0 aliphatic heterocycles. The lowest BCUT2D eigenvalue weighted by molar-refractivity contribution is 0.825. The van der Waals surface area contributed by atoms with E-state index in [9.17, 15) is 0 Å². The van der Waals surface area contributed by atoms with E-state index in [0.29, 0.717) is 0 Å². The zero-order chi connectivity index (χ0) is 12.6. The van der Waals surface area contributed by atoms with Crippen LogP contribution in [0.15, 0.2) is 24.3 Å². The van der Waals surface area contributed by atoms with Crippen LogP contribution in [0.5, 0.6) is 0 Å². The number of para-hydroxylation sites is 1. The average molecular weight is 228 g/mol. The summed E-state index contributed by atoms with van der Waals surface area (Å²) in [6.45, 7) is 5.95. The third-order valence-corrected chi connectivity index (χ3v) is 2.75. The number of rotatable bonds is 2. The Morgan fingerprint density at radius 3 is 2.53 bits per heavy atom. The molecule has 4 heteroatoms. The minimum atomic E-state index is 0.0660. The largest absolute Gasteiger partial charge is 0.384 e. The number of nitrogens with zero attached hydrogens (tertiary/aromatic N) is 2. The predicted molar refractivity (Wildman–Crippen MR) is 68.8 cm³/mol. The van der Waals surface area contributed by atoms with E-state index in [-0.39, 0.29) is 5.84 Å². The number of hydrogen-bond donors (Lipinski definition) is 2. The standard InChI is InChI=1S/C13H16N4/c1-8-5-4-6-11(13(14)15)12(8)17-10(3)7-9(2)16-17/h4-7H,1-3H3,(H3,14,15). The van der Waals surface area contributed by atoms with Crippen LogP contribution in [0.4, 0.5) is 0 Å². The van der Waals surface area contributed by atoms with Crippen molar-refractivity contribution in [3.8, 4) is 5.69 Å².